The summed E-state index contributed by atoms with van der Waals surface area (Å²) in [5.74, 6) is 0. The van der Waals surface area contributed by atoms with Gasteiger partial charge in [-0.15, -0.1) is 0 Å². The van der Waals surface area contributed by atoms with Gasteiger partial charge in [0.25, 0.3) is 0 Å². The van der Waals surface area contributed by atoms with Crippen LogP contribution in [0, 0.1) is 0 Å². The van der Waals surface area contributed by atoms with Crippen LogP contribution in [-0.4, -0.2) is 36.4 Å². The molecule has 0 aromatic heterocycles. The first-order valence-electron chi connectivity index (χ1n) is 6.42. The molecule has 0 saturated carbocycles. The maximum absolute atomic E-state index is 11.1. The van der Waals surface area contributed by atoms with Gasteiger partial charge in [-0.25, -0.2) is 0 Å². The summed E-state index contributed by atoms with van der Waals surface area (Å²) in [6.45, 7) is 3.04. The van der Waals surface area contributed by atoms with Crippen molar-refractivity contribution in [3.05, 3.63) is 42.5 Å². The second-order valence-corrected chi connectivity index (χ2v) is 5.08. The second kappa shape index (κ2) is 5.10. The number of carbonyl (C=O) groups excluding carboxylic acids is 1. The van der Waals surface area contributed by atoms with E-state index >= 15 is 0 Å². The highest BCUT2D eigenvalue weighted by Crippen LogP contribution is 2.23. The Morgan fingerprint density at radius 1 is 0.947 bits per heavy atom. The predicted octanol–water partition coefficient (Wildman–Crippen LogP) is 3.32. The van der Waals surface area contributed by atoms with Crippen LogP contribution >= 0.6 is 11.6 Å². The van der Waals surface area contributed by atoms with E-state index in [2.05, 4.69) is 41.3 Å². The third-order valence-corrected chi connectivity index (χ3v) is 3.87. The summed E-state index contributed by atoms with van der Waals surface area (Å²) in [6.07, 6.45) is 0. The monoisotopic (exact) mass is 274 g/mol. The number of benzene rings is 2. The molecule has 3 nitrogen and oxygen atoms in total. The van der Waals surface area contributed by atoms with E-state index < -0.39 is 0 Å². The van der Waals surface area contributed by atoms with Gasteiger partial charge >= 0.3 is 5.37 Å². The molecule has 1 heterocycles. The summed E-state index contributed by atoms with van der Waals surface area (Å²) in [6, 6.07) is 14.8. The van der Waals surface area contributed by atoms with Crippen molar-refractivity contribution < 1.29 is 4.79 Å². The smallest absolute Gasteiger partial charge is 0.316 e. The van der Waals surface area contributed by atoms with Crippen molar-refractivity contribution >= 4 is 33.4 Å². The molecule has 0 N–H and O–H groups in total. The van der Waals surface area contributed by atoms with Gasteiger partial charge in [-0.2, -0.15) is 0 Å². The van der Waals surface area contributed by atoms with Gasteiger partial charge in [0.1, 0.15) is 0 Å². The summed E-state index contributed by atoms with van der Waals surface area (Å²) in [5, 5.41) is 2.15. The molecule has 4 heteroatoms. The lowest BCUT2D eigenvalue weighted by Gasteiger charge is -2.35. The Bertz CT molecular complexity index is 606. The van der Waals surface area contributed by atoms with Gasteiger partial charge in [0, 0.05) is 31.9 Å². The molecule has 2 aromatic rings. The van der Waals surface area contributed by atoms with E-state index in [1.807, 2.05) is 6.07 Å². The Morgan fingerprint density at radius 3 is 2.32 bits per heavy atom. The predicted molar refractivity (Wildman–Crippen MR) is 79.0 cm³/mol. The lowest BCUT2D eigenvalue weighted by atomic mass is 10.1. The van der Waals surface area contributed by atoms with Gasteiger partial charge < -0.3 is 9.80 Å². The van der Waals surface area contributed by atoms with E-state index in [1.54, 1.807) is 4.90 Å². The number of amides is 1. The average Bonchev–Trinajstić information content (AvgIpc) is 2.47. The van der Waals surface area contributed by atoms with Crippen molar-refractivity contribution in [1.29, 1.82) is 0 Å². The van der Waals surface area contributed by atoms with Gasteiger partial charge in [0.05, 0.1) is 0 Å². The molecule has 2 aromatic carbocycles. The Labute approximate surface area is 117 Å². The summed E-state index contributed by atoms with van der Waals surface area (Å²) in [4.78, 5) is 15.1. The van der Waals surface area contributed by atoms with E-state index in [1.165, 1.54) is 16.5 Å². The lowest BCUT2D eigenvalue weighted by Crippen LogP contribution is -2.47. The standard InChI is InChI=1S/C15H15ClN2O/c16-15(19)18-9-7-17(8-10-18)14-6-5-12-3-1-2-4-13(12)11-14/h1-6,11H,7-10H2. The molecule has 0 spiro atoms. The number of piperazine rings is 1. The molecule has 19 heavy (non-hydrogen) atoms. The van der Waals surface area contributed by atoms with Crippen molar-refractivity contribution in [2.75, 3.05) is 31.1 Å². The zero-order valence-electron chi connectivity index (χ0n) is 10.6. The molecule has 98 valence electrons. The summed E-state index contributed by atoms with van der Waals surface area (Å²) >= 11 is 5.50. The first-order chi connectivity index (χ1) is 9.24. The second-order valence-electron chi connectivity index (χ2n) is 4.76. The fourth-order valence-electron chi connectivity index (χ4n) is 2.51. The van der Waals surface area contributed by atoms with Gasteiger partial charge in [-0.3, -0.25) is 4.79 Å². The fourth-order valence-corrected chi connectivity index (χ4v) is 2.68. The minimum Gasteiger partial charge on any atom is -0.368 e. The Morgan fingerprint density at radius 2 is 1.63 bits per heavy atom. The van der Waals surface area contributed by atoms with Crippen molar-refractivity contribution in [3.63, 3.8) is 0 Å². The average molecular weight is 275 g/mol. The molecule has 1 saturated heterocycles. The quantitative estimate of drug-likeness (QED) is 0.588. The first-order valence-corrected chi connectivity index (χ1v) is 6.80. The summed E-state index contributed by atoms with van der Waals surface area (Å²) in [5.41, 5.74) is 1.21. The molecule has 0 aliphatic carbocycles. The van der Waals surface area contributed by atoms with Crippen molar-refractivity contribution in [3.8, 4) is 0 Å². The third-order valence-electron chi connectivity index (χ3n) is 3.63. The number of anilines is 1. The van der Waals surface area contributed by atoms with E-state index in [4.69, 9.17) is 11.6 Å². The minimum absolute atomic E-state index is 0.349. The number of rotatable bonds is 1. The van der Waals surface area contributed by atoms with E-state index in [0.717, 1.165) is 13.1 Å². The topological polar surface area (TPSA) is 23.6 Å². The molecule has 3 rings (SSSR count). The number of carbonyl (C=O) groups is 1. The van der Waals surface area contributed by atoms with Crippen LogP contribution in [0.3, 0.4) is 0 Å². The highest BCUT2D eigenvalue weighted by molar-refractivity contribution is 6.62. The van der Waals surface area contributed by atoms with E-state index in [0.29, 0.717) is 13.1 Å². The van der Waals surface area contributed by atoms with Crippen LogP contribution in [0.2, 0.25) is 0 Å². The molecule has 0 unspecified atom stereocenters. The normalized spacial score (nSPS) is 15.8. The zero-order valence-corrected chi connectivity index (χ0v) is 11.3. The number of hydrogen-bond acceptors (Lipinski definition) is 2. The number of nitrogens with zero attached hydrogens (tertiary/aromatic N) is 2. The van der Waals surface area contributed by atoms with E-state index in [9.17, 15) is 4.79 Å². The van der Waals surface area contributed by atoms with Crippen LogP contribution in [0.15, 0.2) is 42.5 Å². The number of fused-ring (bicyclic) bond motifs is 1. The van der Waals surface area contributed by atoms with Crippen LogP contribution in [-0.2, 0) is 0 Å². The lowest BCUT2D eigenvalue weighted by molar-refractivity contribution is 0.218. The molecule has 1 aliphatic heterocycles. The molecule has 1 aliphatic rings. The van der Waals surface area contributed by atoms with Gasteiger partial charge in [0.15, 0.2) is 0 Å². The molecule has 1 amide bonds. The van der Waals surface area contributed by atoms with Crippen LogP contribution < -0.4 is 4.90 Å². The Hall–Kier alpha value is -1.74. The number of halogens is 1. The largest absolute Gasteiger partial charge is 0.368 e. The Kier molecular flexibility index (Phi) is 3.30. The molecular weight excluding hydrogens is 260 g/mol. The van der Waals surface area contributed by atoms with Crippen molar-refractivity contribution in [2.45, 2.75) is 0 Å². The molecule has 0 radical (unpaired) electrons. The number of hydrogen-bond donors (Lipinski definition) is 0. The summed E-state index contributed by atoms with van der Waals surface area (Å²) in [7, 11) is 0. The van der Waals surface area contributed by atoms with Crippen molar-refractivity contribution in [1.82, 2.24) is 4.90 Å². The maximum Gasteiger partial charge on any atom is 0.316 e. The van der Waals surface area contributed by atoms with Crippen LogP contribution in [0.4, 0.5) is 10.5 Å². The SMILES string of the molecule is O=C(Cl)N1CCN(c2ccc3ccccc3c2)CC1. The molecule has 0 bridgehead atoms. The third kappa shape index (κ3) is 2.51. The van der Waals surface area contributed by atoms with E-state index in [-0.39, 0.29) is 5.37 Å². The minimum atomic E-state index is -0.349. The summed E-state index contributed by atoms with van der Waals surface area (Å²) < 4.78 is 0. The zero-order chi connectivity index (χ0) is 13.2. The van der Waals surface area contributed by atoms with Crippen LogP contribution in [0.1, 0.15) is 0 Å². The maximum atomic E-state index is 11.1. The van der Waals surface area contributed by atoms with Gasteiger partial charge in [-0.1, -0.05) is 30.3 Å². The molecular formula is C15H15ClN2O. The van der Waals surface area contributed by atoms with Gasteiger partial charge in [-0.05, 0) is 34.5 Å². The van der Waals surface area contributed by atoms with Crippen LogP contribution in [0.5, 0.6) is 0 Å². The van der Waals surface area contributed by atoms with Crippen molar-refractivity contribution in [2.24, 2.45) is 0 Å². The molecule has 0 atom stereocenters. The highest BCUT2D eigenvalue weighted by atomic mass is 35.5. The highest BCUT2D eigenvalue weighted by Gasteiger charge is 2.19. The molecule has 1 fully saturated rings. The Balaban J connectivity index is 1.80. The van der Waals surface area contributed by atoms with Gasteiger partial charge in [0.2, 0.25) is 0 Å². The fraction of sp³-hybridized carbons (Fsp3) is 0.267. The van der Waals surface area contributed by atoms with Crippen LogP contribution in [0.25, 0.3) is 10.8 Å². The first kappa shape index (κ1) is 12.3.